The van der Waals surface area contributed by atoms with Gasteiger partial charge in [-0.15, -0.1) is 0 Å². The van der Waals surface area contributed by atoms with E-state index in [1.807, 2.05) is 18.2 Å². The van der Waals surface area contributed by atoms with Crippen LogP contribution in [0.4, 0.5) is 0 Å². The normalized spacial score (nSPS) is 11.8. The molecule has 0 saturated heterocycles. The summed E-state index contributed by atoms with van der Waals surface area (Å²) in [5, 5.41) is 11.1. The third-order valence-corrected chi connectivity index (χ3v) is 3.67. The Morgan fingerprint density at radius 3 is 2.88 bits per heavy atom. The molecule has 0 atom stereocenters. The third kappa shape index (κ3) is 5.85. The van der Waals surface area contributed by atoms with Crippen LogP contribution in [-0.4, -0.2) is 29.7 Å². The number of rotatable bonds is 7. The number of benzene rings is 1. The molecular formula is C17H24ClN5O. The molecule has 1 heterocycles. The van der Waals surface area contributed by atoms with E-state index in [1.165, 1.54) is 6.42 Å². The van der Waals surface area contributed by atoms with Crippen molar-refractivity contribution in [2.45, 2.75) is 33.2 Å². The molecule has 1 aromatic carbocycles. The van der Waals surface area contributed by atoms with E-state index in [0.717, 1.165) is 24.5 Å². The van der Waals surface area contributed by atoms with Crippen LogP contribution in [-0.2, 0) is 6.54 Å². The molecule has 7 heteroatoms. The van der Waals surface area contributed by atoms with Gasteiger partial charge in [0.05, 0.1) is 6.54 Å². The van der Waals surface area contributed by atoms with Gasteiger partial charge in [-0.05, 0) is 30.9 Å². The number of hydrogen-bond acceptors (Lipinski definition) is 4. The molecule has 130 valence electrons. The molecule has 0 amide bonds. The average molecular weight is 350 g/mol. The zero-order chi connectivity index (χ0) is 17.4. The topological polar surface area (TPSA) is 75.3 Å². The Balaban J connectivity index is 1.83. The van der Waals surface area contributed by atoms with E-state index < -0.39 is 0 Å². The summed E-state index contributed by atoms with van der Waals surface area (Å²) in [6.45, 7) is 5.74. The monoisotopic (exact) mass is 349 g/mol. The predicted octanol–water partition coefficient (Wildman–Crippen LogP) is 3.49. The number of aromatic nitrogens is 2. The van der Waals surface area contributed by atoms with Crippen molar-refractivity contribution in [2.24, 2.45) is 10.9 Å². The highest BCUT2D eigenvalue weighted by Gasteiger charge is 2.09. The maximum absolute atomic E-state index is 5.98. The van der Waals surface area contributed by atoms with E-state index in [0.29, 0.717) is 29.2 Å². The lowest BCUT2D eigenvalue weighted by atomic mass is 10.1. The van der Waals surface area contributed by atoms with Crippen LogP contribution < -0.4 is 10.6 Å². The molecule has 0 bridgehead atoms. The van der Waals surface area contributed by atoms with Gasteiger partial charge in [0.15, 0.2) is 5.96 Å². The van der Waals surface area contributed by atoms with Crippen molar-refractivity contribution < 1.29 is 4.52 Å². The maximum Gasteiger partial charge on any atom is 0.246 e. The number of nitrogens with zero attached hydrogens (tertiary/aromatic N) is 3. The molecule has 0 radical (unpaired) electrons. The van der Waals surface area contributed by atoms with Crippen molar-refractivity contribution in [3.63, 3.8) is 0 Å². The number of nitrogens with one attached hydrogen (secondary N) is 2. The van der Waals surface area contributed by atoms with Gasteiger partial charge in [0.2, 0.25) is 11.7 Å². The van der Waals surface area contributed by atoms with Gasteiger partial charge in [0, 0.05) is 24.2 Å². The molecular weight excluding hydrogens is 326 g/mol. The van der Waals surface area contributed by atoms with Gasteiger partial charge in [-0.1, -0.05) is 42.7 Å². The van der Waals surface area contributed by atoms with Crippen molar-refractivity contribution in [2.75, 3.05) is 13.6 Å². The molecule has 0 spiro atoms. The van der Waals surface area contributed by atoms with Gasteiger partial charge in [-0.3, -0.25) is 4.99 Å². The van der Waals surface area contributed by atoms with E-state index in [9.17, 15) is 0 Å². The molecule has 2 rings (SSSR count). The highest BCUT2D eigenvalue weighted by Crippen LogP contribution is 2.19. The van der Waals surface area contributed by atoms with Crippen molar-refractivity contribution >= 4 is 17.6 Å². The molecule has 0 saturated carbocycles. The Kier molecular flexibility index (Phi) is 7.06. The Bertz CT molecular complexity index is 669. The summed E-state index contributed by atoms with van der Waals surface area (Å²) in [4.78, 5) is 8.55. The SMILES string of the molecule is CN=C(NCCCC(C)C)NCc1nc(-c2cccc(Cl)c2)no1. The minimum Gasteiger partial charge on any atom is -0.356 e. The standard InChI is InChI=1S/C17H24ClN5O/c1-12(2)6-5-9-20-17(19-3)21-11-15-22-16(23-24-15)13-7-4-8-14(18)10-13/h4,7-8,10,12H,5-6,9,11H2,1-3H3,(H2,19,20,21). The number of hydrogen-bond donors (Lipinski definition) is 2. The van der Waals surface area contributed by atoms with E-state index in [4.69, 9.17) is 16.1 Å². The summed E-state index contributed by atoms with van der Waals surface area (Å²) in [7, 11) is 1.74. The van der Waals surface area contributed by atoms with Crippen LogP contribution in [0.3, 0.4) is 0 Å². The fourth-order valence-electron chi connectivity index (χ4n) is 2.17. The van der Waals surface area contributed by atoms with Crippen molar-refractivity contribution in [1.29, 1.82) is 0 Å². The second-order valence-corrected chi connectivity index (χ2v) is 6.35. The second-order valence-electron chi connectivity index (χ2n) is 5.91. The van der Waals surface area contributed by atoms with Crippen molar-refractivity contribution in [1.82, 2.24) is 20.8 Å². The molecule has 6 nitrogen and oxygen atoms in total. The van der Waals surface area contributed by atoms with Gasteiger partial charge in [0.25, 0.3) is 0 Å². The first-order chi connectivity index (χ1) is 11.6. The molecule has 2 aromatic rings. The lowest BCUT2D eigenvalue weighted by Crippen LogP contribution is -2.37. The lowest BCUT2D eigenvalue weighted by Gasteiger charge is -2.10. The highest BCUT2D eigenvalue weighted by molar-refractivity contribution is 6.30. The second kappa shape index (κ2) is 9.27. The van der Waals surface area contributed by atoms with Gasteiger partial charge < -0.3 is 15.2 Å². The van der Waals surface area contributed by atoms with Gasteiger partial charge in [-0.2, -0.15) is 4.98 Å². The Labute approximate surface area is 147 Å². The highest BCUT2D eigenvalue weighted by atomic mass is 35.5. The van der Waals surface area contributed by atoms with E-state index >= 15 is 0 Å². The first kappa shape index (κ1) is 18.3. The Hall–Kier alpha value is -2.08. The molecule has 2 N–H and O–H groups in total. The lowest BCUT2D eigenvalue weighted by molar-refractivity contribution is 0.375. The van der Waals surface area contributed by atoms with Crippen LogP contribution in [0, 0.1) is 5.92 Å². The Morgan fingerprint density at radius 2 is 2.17 bits per heavy atom. The maximum atomic E-state index is 5.98. The molecule has 0 fully saturated rings. The van der Waals surface area contributed by atoms with Crippen LogP contribution in [0.1, 0.15) is 32.6 Å². The summed E-state index contributed by atoms with van der Waals surface area (Å²) in [5.41, 5.74) is 0.827. The largest absolute Gasteiger partial charge is 0.356 e. The zero-order valence-electron chi connectivity index (χ0n) is 14.3. The van der Waals surface area contributed by atoms with Gasteiger partial charge in [0.1, 0.15) is 0 Å². The van der Waals surface area contributed by atoms with Crippen LogP contribution in [0.2, 0.25) is 5.02 Å². The summed E-state index contributed by atoms with van der Waals surface area (Å²) < 4.78 is 5.26. The van der Waals surface area contributed by atoms with E-state index in [-0.39, 0.29) is 0 Å². The first-order valence-electron chi connectivity index (χ1n) is 8.11. The minimum atomic E-state index is 0.414. The van der Waals surface area contributed by atoms with E-state index in [2.05, 4.69) is 39.6 Å². The van der Waals surface area contributed by atoms with Crippen molar-refractivity contribution in [3.05, 3.63) is 35.2 Å². The zero-order valence-corrected chi connectivity index (χ0v) is 15.1. The summed E-state index contributed by atoms with van der Waals surface area (Å²) in [5.74, 6) is 2.45. The smallest absolute Gasteiger partial charge is 0.246 e. The molecule has 0 aliphatic rings. The van der Waals surface area contributed by atoms with Crippen LogP contribution >= 0.6 is 11.6 Å². The van der Waals surface area contributed by atoms with Crippen LogP contribution in [0.25, 0.3) is 11.4 Å². The quantitative estimate of drug-likeness (QED) is 0.454. The third-order valence-electron chi connectivity index (χ3n) is 3.43. The molecule has 1 aromatic heterocycles. The minimum absolute atomic E-state index is 0.414. The number of guanidine groups is 1. The van der Waals surface area contributed by atoms with Gasteiger partial charge >= 0.3 is 0 Å². The fraction of sp³-hybridized carbons (Fsp3) is 0.471. The van der Waals surface area contributed by atoms with E-state index in [1.54, 1.807) is 13.1 Å². The predicted molar refractivity (Wildman–Crippen MR) is 97.0 cm³/mol. The molecule has 0 unspecified atom stereocenters. The van der Waals surface area contributed by atoms with Crippen LogP contribution in [0.5, 0.6) is 0 Å². The molecule has 24 heavy (non-hydrogen) atoms. The van der Waals surface area contributed by atoms with Crippen LogP contribution in [0.15, 0.2) is 33.8 Å². The summed E-state index contributed by atoms with van der Waals surface area (Å²) >= 11 is 5.98. The summed E-state index contributed by atoms with van der Waals surface area (Å²) in [6, 6.07) is 7.36. The molecule has 0 aliphatic carbocycles. The number of aliphatic imine (C=N–C) groups is 1. The average Bonchev–Trinajstić information content (AvgIpc) is 3.03. The molecule has 0 aliphatic heterocycles. The van der Waals surface area contributed by atoms with Crippen molar-refractivity contribution in [3.8, 4) is 11.4 Å². The first-order valence-corrected chi connectivity index (χ1v) is 8.49. The summed E-state index contributed by atoms with van der Waals surface area (Å²) in [6.07, 6.45) is 2.30. The van der Waals surface area contributed by atoms with Gasteiger partial charge in [-0.25, -0.2) is 0 Å². The Morgan fingerprint density at radius 1 is 1.33 bits per heavy atom. The number of halogens is 1. The fourth-order valence-corrected chi connectivity index (χ4v) is 2.36.